The van der Waals surface area contributed by atoms with Gasteiger partial charge in [-0.15, -0.1) is 0 Å². The van der Waals surface area contributed by atoms with Crippen molar-refractivity contribution in [1.82, 2.24) is 9.97 Å². The first-order valence-corrected chi connectivity index (χ1v) is 14.6. The van der Waals surface area contributed by atoms with Crippen LogP contribution in [0.15, 0.2) is 137 Å². The van der Waals surface area contributed by atoms with E-state index in [1.54, 1.807) is 6.20 Å². The van der Waals surface area contributed by atoms with Gasteiger partial charge in [0.05, 0.1) is 29.1 Å². The first-order chi connectivity index (χ1) is 21.7. The van der Waals surface area contributed by atoms with Crippen molar-refractivity contribution in [3.63, 3.8) is 0 Å². The summed E-state index contributed by atoms with van der Waals surface area (Å²) in [6.07, 6.45) is 6.72. The average molecular weight is 575 g/mol. The lowest BCUT2D eigenvalue weighted by Crippen LogP contribution is -2.12. The molecule has 3 heterocycles. The summed E-state index contributed by atoms with van der Waals surface area (Å²) in [4.78, 5) is 18.8. The van der Waals surface area contributed by atoms with Crippen LogP contribution in [0.3, 0.4) is 0 Å². The molecule has 2 aromatic heterocycles. The van der Waals surface area contributed by atoms with E-state index in [4.69, 9.17) is 14.7 Å². The quantitative estimate of drug-likeness (QED) is 0.140. The van der Waals surface area contributed by atoms with Gasteiger partial charge in [0.1, 0.15) is 11.5 Å². The number of ether oxygens (including phenoxy) is 1. The van der Waals surface area contributed by atoms with Crippen LogP contribution in [-0.4, -0.2) is 35.5 Å². The second-order valence-electron chi connectivity index (χ2n) is 10.4. The number of aromatic nitrogens is 2. The van der Waals surface area contributed by atoms with Gasteiger partial charge in [0, 0.05) is 53.6 Å². The number of benzene rings is 4. The topological polar surface area (TPSA) is 83.8 Å². The number of pyridine rings is 2. The summed E-state index contributed by atoms with van der Waals surface area (Å²) in [6, 6.07) is 36.1. The smallest absolute Gasteiger partial charge is 0.161 e. The van der Waals surface area contributed by atoms with Crippen molar-refractivity contribution in [2.75, 3.05) is 24.2 Å². The molecule has 7 heteroatoms. The van der Waals surface area contributed by atoms with Crippen LogP contribution in [0.5, 0.6) is 11.5 Å². The number of anilines is 3. The number of hydrogen-bond donors (Lipinski definition) is 2. The molecule has 44 heavy (non-hydrogen) atoms. The minimum Gasteiger partial charge on any atom is -0.457 e. The monoisotopic (exact) mass is 574 g/mol. The minimum atomic E-state index is 0.618. The summed E-state index contributed by atoms with van der Waals surface area (Å²) in [6.45, 7) is 0.618. The predicted molar refractivity (Wildman–Crippen MR) is 182 cm³/mol. The predicted octanol–water partition coefficient (Wildman–Crippen LogP) is 8.88. The van der Waals surface area contributed by atoms with Gasteiger partial charge in [-0.05, 0) is 78.4 Å². The van der Waals surface area contributed by atoms with Gasteiger partial charge < -0.3 is 15.4 Å². The summed E-state index contributed by atoms with van der Waals surface area (Å²) in [7, 11) is 1.93. The molecule has 0 unspecified atom stereocenters. The second-order valence-corrected chi connectivity index (χ2v) is 10.4. The van der Waals surface area contributed by atoms with Crippen LogP contribution in [-0.2, 0) is 0 Å². The number of rotatable bonds is 8. The molecule has 0 atom stereocenters. The first-order valence-electron chi connectivity index (χ1n) is 14.6. The Balaban J connectivity index is 1.11. The highest BCUT2D eigenvalue weighted by atomic mass is 16.5. The van der Waals surface area contributed by atoms with Crippen molar-refractivity contribution < 1.29 is 4.74 Å². The molecule has 0 saturated heterocycles. The fourth-order valence-corrected chi connectivity index (χ4v) is 5.34. The maximum Gasteiger partial charge on any atom is 0.161 e. The van der Waals surface area contributed by atoms with Gasteiger partial charge in [0.25, 0.3) is 0 Å². The Morgan fingerprint density at radius 1 is 0.795 bits per heavy atom. The van der Waals surface area contributed by atoms with Crippen molar-refractivity contribution >= 4 is 56.6 Å². The van der Waals surface area contributed by atoms with E-state index in [1.165, 1.54) is 0 Å². The summed E-state index contributed by atoms with van der Waals surface area (Å²) in [5, 5.41) is 8.90. The number of hydrogen-bond acceptors (Lipinski definition) is 7. The molecule has 0 saturated carbocycles. The van der Waals surface area contributed by atoms with Gasteiger partial charge in [-0.1, -0.05) is 42.5 Å². The van der Waals surface area contributed by atoms with E-state index in [2.05, 4.69) is 44.9 Å². The first kappa shape index (κ1) is 27.0. The Morgan fingerprint density at radius 2 is 1.55 bits per heavy atom. The zero-order valence-corrected chi connectivity index (χ0v) is 24.2. The molecule has 2 N–H and O–H groups in total. The largest absolute Gasteiger partial charge is 0.457 e. The summed E-state index contributed by atoms with van der Waals surface area (Å²) in [5.41, 5.74) is 8.51. The normalized spacial score (nSPS) is 13.1. The zero-order chi connectivity index (χ0) is 29.7. The molecule has 1 aliphatic rings. The van der Waals surface area contributed by atoms with E-state index in [1.807, 2.05) is 104 Å². The molecule has 0 aliphatic carbocycles. The fraction of sp³-hybridized carbons (Fsp3) is 0.0811. The van der Waals surface area contributed by atoms with E-state index < -0.39 is 0 Å². The van der Waals surface area contributed by atoms with Crippen molar-refractivity contribution in [3.8, 4) is 11.5 Å². The van der Waals surface area contributed by atoms with E-state index in [9.17, 15) is 0 Å². The molecule has 7 nitrogen and oxygen atoms in total. The molecule has 0 fully saturated rings. The van der Waals surface area contributed by atoms with Crippen LogP contribution in [0.25, 0.3) is 21.9 Å². The molecule has 0 bridgehead atoms. The Hall–Kier alpha value is -5.82. The highest BCUT2D eigenvalue weighted by Gasteiger charge is 2.15. The lowest BCUT2D eigenvalue weighted by Gasteiger charge is -2.16. The van der Waals surface area contributed by atoms with E-state index >= 15 is 0 Å². The Bertz CT molecular complexity index is 1990. The van der Waals surface area contributed by atoms with Crippen LogP contribution in [0.4, 0.5) is 22.7 Å². The lowest BCUT2D eigenvalue weighted by atomic mass is 9.98. The van der Waals surface area contributed by atoms with Gasteiger partial charge in [0.15, 0.2) is 5.65 Å². The van der Waals surface area contributed by atoms with Gasteiger partial charge >= 0.3 is 0 Å². The van der Waals surface area contributed by atoms with Gasteiger partial charge in [0.2, 0.25) is 0 Å². The van der Waals surface area contributed by atoms with Crippen LogP contribution in [0.1, 0.15) is 12.0 Å². The lowest BCUT2D eigenvalue weighted by molar-refractivity contribution is 0.483. The molecule has 0 radical (unpaired) electrons. The van der Waals surface area contributed by atoms with Crippen molar-refractivity contribution in [3.05, 3.63) is 133 Å². The number of nitrogens with zero attached hydrogens (tertiary/aromatic N) is 4. The highest BCUT2D eigenvalue weighted by molar-refractivity contribution is 6.17. The molecule has 214 valence electrons. The van der Waals surface area contributed by atoms with Crippen LogP contribution < -0.4 is 15.4 Å². The molecular formula is C37H30N6O. The fourth-order valence-electron chi connectivity index (χ4n) is 5.34. The molecule has 7 rings (SSSR count). The molecule has 4 aromatic carbocycles. The Morgan fingerprint density at radius 3 is 2.34 bits per heavy atom. The Kier molecular flexibility index (Phi) is 7.49. The number of fused-ring (bicyclic) bond motifs is 2. The number of aliphatic imine (C=N–C) groups is 2. The maximum atomic E-state index is 6.18. The summed E-state index contributed by atoms with van der Waals surface area (Å²) >= 11 is 0. The van der Waals surface area contributed by atoms with Crippen molar-refractivity contribution in [1.29, 1.82) is 0 Å². The Labute approximate surface area is 255 Å². The van der Waals surface area contributed by atoms with Gasteiger partial charge in [-0.2, -0.15) is 0 Å². The third kappa shape index (κ3) is 5.63. The summed E-state index contributed by atoms with van der Waals surface area (Å²) in [5.74, 6) is 1.48. The molecular weight excluding hydrogens is 544 g/mol. The number of dihydropyridines is 1. The SMILES string of the molecule is CNc1ccccc1C(=Nc1ccc(Oc2ccc(Nc3c4ccccc4nc4ncccc34)cc2)cc1)C1=CCC=NC1. The standard InChI is InChI=1S/C37H30N6O/c1-38-33-12-4-2-9-30(33)35(25-8-6-22-39-24-25)41-26-14-18-28(19-15-26)44-29-20-16-27(17-21-29)42-36-31-10-3-5-13-34(31)43-37-32(36)11-7-23-40-37/h2-5,7-23,38H,6,24H2,1H3,(H,40,42,43). The van der Waals surface area contributed by atoms with E-state index in [-0.39, 0.29) is 0 Å². The summed E-state index contributed by atoms with van der Waals surface area (Å²) < 4.78 is 6.18. The minimum absolute atomic E-state index is 0.618. The molecule has 6 aromatic rings. The van der Waals surface area contributed by atoms with Crippen molar-refractivity contribution in [2.45, 2.75) is 6.42 Å². The molecule has 0 amide bonds. The zero-order valence-electron chi connectivity index (χ0n) is 24.2. The van der Waals surface area contributed by atoms with Crippen LogP contribution in [0, 0.1) is 0 Å². The van der Waals surface area contributed by atoms with E-state index in [0.29, 0.717) is 12.2 Å². The third-order valence-corrected chi connectivity index (χ3v) is 7.51. The van der Waals surface area contributed by atoms with Gasteiger partial charge in [-0.25, -0.2) is 15.0 Å². The van der Waals surface area contributed by atoms with Crippen molar-refractivity contribution in [2.24, 2.45) is 9.98 Å². The number of nitrogens with one attached hydrogen (secondary N) is 2. The third-order valence-electron chi connectivity index (χ3n) is 7.51. The molecule has 0 spiro atoms. The number of allylic oxidation sites excluding steroid dienone is 1. The second kappa shape index (κ2) is 12.2. The average Bonchev–Trinajstić information content (AvgIpc) is 3.09. The highest BCUT2D eigenvalue weighted by Crippen LogP contribution is 2.33. The van der Waals surface area contributed by atoms with Crippen LogP contribution >= 0.6 is 0 Å². The van der Waals surface area contributed by atoms with Crippen LogP contribution in [0.2, 0.25) is 0 Å². The van der Waals surface area contributed by atoms with Gasteiger partial charge in [-0.3, -0.25) is 4.99 Å². The van der Waals surface area contributed by atoms with E-state index in [0.717, 1.165) is 73.8 Å². The maximum absolute atomic E-state index is 6.18. The number of para-hydroxylation sites is 2. The molecule has 1 aliphatic heterocycles.